The molecule has 0 saturated heterocycles. The highest BCUT2D eigenvalue weighted by Gasteiger charge is 1.89. The zero-order valence-electron chi connectivity index (χ0n) is 5.55. The first-order valence-electron chi connectivity index (χ1n) is 2.47. The van der Waals surface area contributed by atoms with Crippen LogP contribution in [0.1, 0.15) is 6.92 Å². The molecule has 9 heavy (non-hydrogen) atoms. The van der Waals surface area contributed by atoms with Crippen LogP contribution in [-0.2, 0) is 19.0 Å². The van der Waals surface area contributed by atoms with Crippen molar-refractivity contribution in [1.82, 2.24) is 0 Å². The fourth-order valence-corrected chi connectivity index (χ4v) is 0.242. The minimum Gasteiger partial charge on any atom is -0.439 e. The van der Waals surface area contributed by atoms with Crippen LogP contribution in [0.5, 0.6) is 0 Å². The normalized spacial score (nSPS) is 9.11. The van der Waals surface area contributed by atoms with E-state index < -0.39 is 0 Å². The van der Waals surface area contributed by atoms with E-state index in [1.165, 1.54) is 14.0 Å². The van der Waals surface area contributed by atoms with Gasteiger partial charge < -0.3 is 14.2 Å². The molecule has 0 saturated carbocycles. The van der Waals surface area contributed by atoms with Gasteiger partial charge in [0, 0.05) is 14.0 Å². The van der Waals surface area contributed by atoms with Crippen LogP contribution in [0.2, 0.25) is 0 Å². The fraction of sp³-hybridized carbons (Fsp3) is 0.800. The van der Waals surface area contributed by atoms with Crippen molar-refractivity contribution in [1.29, 1.82) is 0 Å². The third-order valence-electron chi connectivity index (χ3n) is 0.547. The zero-order chi connectivity index (χ0) is 7.11. The van der Waals surface area contributed by atoms with Crippen LogP contribution in [0.25, 0.3) is 0 Å². The number of hydrogen-bond donors (Lipinski definition) is 0. The van der Waals surface area contributed by atoms with Crippen molar-refractivity contribution >= 4 is 5.97 Å². The van der Waals surface area contributed by atoms with Gasteiger partial charge in [-0.2, -0.15) is 0 Å². The average Bonchev–Trinajstić information content (AvgIpc) is 1.80. The Morgan fingerprint density at radius 1 is 1.44 bits per heavy atom. The summed E-state index contributed by atoms with van der Waals surface area (Å²) >= 11 is 0. The first-order chi connectivity index (χ1) is 4.27. The number of ether oxygens (including phenoxy) is 3. The Bertz CT molecular complexity index is 81.0. The van der Waals surface area contributed by atoms with Crippen molar-refractivity contribution in [2.24, 2.45) is 0 Å². The molecule has 54 valence electrons. The molecule has 0 aromatic heterocycles. The second-order valence-electron chi connectivity index (χ2n) is 1.36. The largest absolute Gasteiger partial charge is 0.439 e. The SMILES string of the molecule is COCOCOC(C)=O. The van der Waals surface area contributed by atoms with E-state index in [2.05, 4.69) is 14.2 Å². The lowest BCUT2D eigenvalue weighted by Gasteiger charge is -2.00. The Morgan fingerprint density at radius 2 is 2.11 bits per heavy atom. The van der Waals surface area contributed by atoms with E-state index >= 15 is 0 Å². The predicted molar refractivity (Wildman–Crippen MR) is 29.6 cm³/mol. The second kappa shape index (κ2) is 5.53. The molecule has 0 bridgehead atoms. The predicted octanol–water partition coefficient (Wildman–Crippen LogP) is 0.128. The summed E-state index contributed by atoms with van der Waals surface area (Å²) in [5.74, 6) is -0.355. The third-order valence-corrected chi connectivity index (χ3v) is 0.547. The van der Waals surface area contributed by atoms with E-state index in [-0.39, 0.29) is 19.6 Å². The number of hydrogen-bond acceptors (Lipinski definition) is 4. The van der Waals surface area contributed by atoms with Crippen LogP contribution < -0.4 is 0 Å². The molecule has 4 nitrogen and oxygen atoms in total. The fourth-order valence-electron chi connectivity index (χ4n) is 0.242. The van der Waals surface area contributed by atoms with Crippen LogP contribution in [0.3, 0.4) is 0 Å². The maximum absolute atomic E-state index is 10.1. The molecule has 4 heteroatoms. The van der Waals surface area contributed by atoms with Gasteiger partial charge >= 0.3 is 5.97 Å². The number of esters is 1. The molecule has 0 radical (unpaired) electrons. The van der Waals surface area contributed by atoms with Crippen molar-refractivity contribution in [3.05, 3.63) is 0 Å². The maximum atomic E-state index is 10.1. The van der Waals surface area contributed by atoms with Crippen LogP contribution in [0, 0.1) is 0 Å². The Kier molecular flexibility index (Phi) is 5.15. The van der Waals surface area contributed by atoms with Gasteiger partial charge in [0.2, 0.25) is 0 Å². The van der Waals surface area contributed by atoms with Crippen molar-refractivity contribution in [2.45, 2.75) is 6.92 Å². The van der Waals surface area contributed by atoms with Gasteiger partial charge in [0.05, 0.1) is 0 Å². The molecule has 0 spiro atoms. The number of carbonyl (C=O) groups is 1. The molecular formula is C5H10O4. The standard InChI is InChI=1S/C5H10O4/c1-5(6)9-4-8-3-7-2/h3-4H2,1-2H3. The molecule has 0 fully saturated rings. The minimum absolute atomic E-state index is 0.0385. The highest BCUT2D eigenvalue weighted by molar-refractivity contribution is 5.65. The van der Waals surface area contributed by atoms with Crippen LogP contribution in [-0.4, -0.2) is 26.7 Å². The molecule has 0 aromatic rings. The van der Waals surface area contributed by atoms with E-state index in [1.54, 1.807) is 0 Å². The Morgan fingerprint density at radius 3 is 2.56 bits per heavy atom. The third kappa shape index (κ3) is 7.39. The van der Waals surface area contributed by atoms with Gasteiger partial charge in [0.25, 0.3) is 0 Å². The van der Waals surface area contributed by atoms with Gasteiger partial charge in [-0.05, 0) is 0 Å². The summed E-state index contributed by atoms with van der Waals surface area (Å²) in [5, 5.41) is 0. The Labute approximate surface area is 53.7 Å². The zero-order valence-corrected chi connectivity index (χ0v) is 5.55. The van der Waals surface area contributed by atoms with E-state index in [4.69, 9.17) is 0 Å². The lowest BCUT2D eigenvalue weighted by Crippen LogP contribution is -2.05. The lowest BCUT2D eigenvalue weighted by atomic mass is 10.8. The molecule has 0 atom stereocenters. The molecule has 0 rings (SSSR count). The van der Waals surface area contributed by atoms with Crippen molar-refractivity contribution in [3.63, 3.8) is 0 Å². The van der Waals surface area contributed by atoms with E-state index in [9.17, 15) is 4.79 Å². The van der Waals surface area contributed by atoms with Crippen LogP contribution in [0.4, 0.5) is 0 Å². The molecule has 0 aromatic carbocycles. The smallest absolute Gasteiger partial charge is 0.304 e. The molecular weight excluding hydrogens is 124 g/mol. The molecule has 0 aliphatic heterocycles. The highest BCUT2D eigenvalue weighted by atomic mass is 16.7. The summed E-state index contributed by atoms with van der Waals surface area (Å²) in [4.78, 5) is 10.1. The van der Waals surface area contributed by atoms with Gasteiger partial charge in [0.15, 0.2) is 6.79 Å². The average molecular weight is 134 g/mol. The lowest BCUT2D eigenvalue weighted by molar-refractivity contribution is -0.163. The summed E-state index contributed by atoms with van der Waals surface area (Å²) in [6.07, 6.45) is 0. The Hall–Kier alpha value is -0.610. The van der Waals surface area contributed by atoms with E-state index in [0.29, 0.717) is 0 Å². The minimum atomic E-state index is -0.355. The summed E-state index contributed by atoms with van der Waals surface area (Å²) < 4.78 is 13.5. The quantitative estimate of drug-likeness (QED) is 0.311. The summed E-state index contributed by atoms with van der Waals surface area (Å²) in [5.41, 5.74) is 0. The monoisotopic (exact) mass is 134 g/mol. The summed E-state index contributed by atoms with van der Waals surface area (Å²) in [6.45, 7) is 1.42. The first kappa shape index (κ1) is 8.39. The van der Waals surface area contributed by atoms with Crippen LogP contribution >= 0.6 is 0 Å². The van der Waals surface area contributed by atoms with Crippen molar-refractivity contribution in [2.75, 3.05) is 20.7 Å². The van der Waals surface area contributed by atoms with Crippen molar-refractivity contribution < 1.29 is 19.0 Å². The molecule has 0 N–H and O–H groups in total. The number of rotatable bonds is 4. The maximum Gasteiger partial charge on any atom is 0.304 e. The van der Waals surface area contributed by atoms with Gasteiger partial charge in [-0.1, -0.05) is 0 Å². The van der Waals surface area contributed by atoms with E-state index in [1.807, 2.05) is 0 Å². The number of methoxy groups -OCH3 is 1. The summed E-state index contributed by atoms with van der Waals surface area (Å²) in [7, 11) is 1.49. The first-order valence-corrected chi connectivity index (χ1v) is 2.47. The van der Waals surface area contributed by atoms with E-state index in [0.717, 1.165) is 0 Å². The molecule has 0 heterocycles. The van der Waals surface area contributed by atoms with Gasteiger partial charge in [-0.25, -0.2) is 0 Å². The molecule has 0 amide bonds. The Balaban J connectivity index is 2.83. The van der Waals surface area contributed by atoms with Crippen molar-refractivity contribution in [3.8, 4) is 0 Å². The van der Waals surface area contributed by atoms with Gasteiger partial charge in [0.1, 0.15) is 6.79 Å². The molecule has 0 unspecified atom stereocenters. The van der Waals surface area contributed by atoms with Gasteiger partial charge in [-0.3, -0.25) is 4.79 Å². The molecule has 0 aliphatic rings. The molecule has 0 aliphatic carbocycles. The number of carbonyl (C=O) groups excluding carboxylic acids is 1. The topological polar surface area (TPSA) is 44.8 Å². The van der Waals surface area contributed by atoms with Crippen LogP contribution in [0.15, 0.2) is 0 Å². The van der Waals surface area contributed by atoms with Gasteiger partial charge in [-0.15, -0.1) is 0 Å². The summed E-state index contributed by atoms with van der Waals surface area (Å²) in [6, 6.07) is 0. The second-order valence-corrected chi connectivity index (χ2v) is 1.36. The highest BCUT2D eigenvalue weighted by Crippen LogP contribution is 1.78.